The van der Waals surface area contributed by atoms with Crippen LogP contribution in [-0.4, -0.2) is 58.9 Å². The Morgan fingerprint density at radius 1 is 0.754 bits per heavy atom. The fourth-order valence-corrected chi connectivity index (χ4v) is 4.91. The van der Waals surface area contributed by atoms with Crippen LogP contribution in [0.25, 0.3) is 21.9 Å². The van der Waals surface area contributed by atoms with E-state index in [-0.39, 0.29) is 53.6 Å². The second-order valence-corrected chi connectivity index (χ2v) is 12.7. The van der Waals surface area contributed by atoms with Crippen LogP contribution in [-0.2, 0) is 34.8 Å². The highest BCUT2D eigenvalue weighted by Gasteiger charge is 2.38. The fourth-order valence-electron chi connectivity index (χ4n) is 4.91. The molecule has 2 aromatic carbocycles. The molecule has 0 aliphatic rings. The van der Waals surface area contributed by atoms with Crippen molar-refractivity contribution in [1.29, 1.82) is 0 Å². The van der Waals surface area contributed by atoms with Gasteiger partial charge >= 0.3 is 18.3 Å². The average Bonchev–Trinajstić information content (AvgIpc) is 3.79. The largest absolute Gasteiger partial charge is 0.493 e. The number of aryl methyl sites for hydroxylation is 2. The highest BCUT2D eigenvalue weighted by Crippen LogP contribution is 2.39. The van der Waals surface area contributed by atoms with Gasteiger partial charge in [0.25, 0.3) is 0 Å². The van der Waals surface area contributed by atoms with Crippen LogP contribution in [0.1, 0.15) is 109 Å². The molecule has 324 valence electrons. The Bertz CT molecular complexity index is 1750. The summed E-state index contributed by atoms with van der Waals surface area (Å²) in [5, 5.41) is 17.7. The fraction of sp³-hybridized carbons (Fsp3) is 0.579. The molecule has 1 amide bonds. The molecular formula is C38H54Cl2F6N4O7. The van der Waals surface area contributed by atoms with Gasteiger partial charge in [0.2, 0.25) is 5.91 Å². The van der Waals surface area contributed by atoms with E-state index >= 15 is 0 Å². The first kappa shape index (κ1) is 53.0. The number of benzene rings is 2. The van der Waals surface area contributed by atoms with Crippen molar-refractivity contribution < 1.29 is 59.6 Å². The van der Waals surface area contributed by atoms with Crippen LogP contribution in [0, 0.1) is 0 Å². The van der Waals surface area contributed by atoms with E-state index in [0.29, 0.717) is 74.3 Å². The highest BCUT2D eigenvalue weighted by atomic mass is 35.5. The molecule has 2 aromatic heterocycles. The molecule has 0 spiro atoms. The Hall–Kier alpha value is -3.96. The Morgan fingerprint density at radius 2 is 1.16 bits per heavy atom. The highest BCUT2D eigenvalue weighted by molar-refractivity contribution is 6.40. The van der Waals surface area contributed by atoms with Crippen molar-refractivity contribution in [2.45, 2.75) is 112 Å². The number of hydrogen-bond acceptors (Lipinski definition) is 9. The zero-order chi connectivity index (χ0) is 42.3. The lowest BCUT2D eigenvalue weighted by Gasteiger charge is -2.11. The second-order valence-electron chi connectivity index (χ2n) is 11.9. The number of nitrogens with two attached hydrogens (primary N) is 1. The molecular weight excluding hydrogens is 809 g/mol. The summed E-state index contributed by atoms with van der Waals surface area (Å²) in [5.41, 5.74) is 4.21. The summed E-state index contributed by atoms with van der Waals surface area (Å²) in [5.74, 6) is -0.0968. The Kier molecular flexibility index (Phi) is 25.7. The third-order valence-electron chi connectivity index (χ3n) is 7.40. The van der Waals surface area contributed by atoms with Crippen LogP contribution in [0.15, 0.2) is 33.3 Å². The van der Waals surface area contributed by atoms with E-state index in [2.05, 4.69) is 22.6 Å². The van der Waals surface area contributed by atoms with Crippen LogP contribution in [0.2, 0.25) is 0 Å². The monoisotopic (exact) mass is 862 g/mol. The zero-order valence-corrected chi connectivity index (χ0v) is 33.3. The number of carbonyl (C=O) groups excluding carboxylic acids is 1. The number of carboxylic acid groups (broad SMARTS) is 1. The molecule has 0 radical (unpaired) electrons. The molecule has 4 rings (SSSR count). The number of fused-ring (bicyclic) bond motifs is 2. The summed E-state index contributed by atoms with van der Waals surface area (Å²) in [7, 11) is 0. The van der Waals surface area contributed by atoms with Gasteiger partial charge in [0.05, 0.1) is 29.3 Å². The lowest BCUT2D eigenvalue weighted by Crippen LogP contribution is -2.24. The number of aliphatic carboxylic acids is 1. The molecule has 4 N–H and O–H groups in total. The van der Waals surface area contributed by atoms with Crippen LogP contribution in [0.3, 0.4) is 0 Å². The number of nitrogens with zero attached hydrogens (tertiary/aromatic N) is 2. The maximum Gasteiger partial charge on any atom is 0.437 e. The van der Waals surface area contributed by atoms with Crippen molar-refractivity contribution in [3.63, 3.8) is 0 Å². The summed E-state index contributed by atoms with van der Waals surface area (Å²) in [6.45, 7) is 9.75. The molecule has 4 aromatic rings. The smallest absolute Gasteiger partial charge is 0.437 e. The number of carbonyl (C=O) groups is 2. The van der Waals surface area contributed by atoms with E-state index in [1.807, 2.05) is 20.8 Å². The molecule has 0 atom stereocenters. The van der Waals surface area contributed by atoms with Gasteiger partial charge in [-0.1, -0.05) is 58.3 Å². The number of hydrogen-bond donors (Lipinski definition) is 3. The predicted molar refractivity (Wildman–Crippen MR) is 209 cm³/mol. The average molecular weight is 864 g/mol. The van der Waals surface area contributed by atoms with Crippen molar-refractivity contribution in [2.24, 2.45) is 5.73 Å². The number of carboxylic acids is 1. The molecule has 0 bridgehead atoms. The SMILES string of the molecule is C.CCCN.CCCNC(=O)CCCOc1ccc2c(C(F)(F)F)noc2c1CCC.CCCc1c(OCCCC(=O)O)ccc2c(C(F)(F)F)noc12.ClCCl. The van der Waals surface area contributed by atoms with Crippen LogP contribution >= 0.6 is 23.2 Å². The minimum atomic E-state index is -4.58. The first-order valence-electron chi connectivity index (χ1n) is 18.1. The van der Waals surface area contributed by atoms with Crippen LogP contribution < -0.4 is 20.5 Å². The first-order valence-corrected chi connectivity index (χ1v) is 19.2. The molecule has 57 heavy (non-hydrogen) atoms. The summed E-state index contributed by atoms with van der Waals surface area (Å²) >= 11 is 9.53. The lowest BCUT2D eigenvalue weighted by atomic mass is 10.0. The molecule has 11 nitrogen and oxygen atoms in total. The molecule has 0 aliphatic heterocycles. The normalized spacial score (nSPS) is 11.0. The third-order valence-corrected chi connectivity index (χ3v) is 7.40. The summed E-state index contributed by atoms with van der Waals surface area (Å²) in [6, 6.07) is 5.54. The maximum atomic E-state index is 13.0. The topological polar surface area (TPSA) is 163 Å². The van der Waals surface area contributed by atoms with Gasteiger partial charge in [-0.3, -0.25) is 9.59 Å². The molecule has 0 saturated carbocycles. The van der Waals surface area contributed by atoms with Crippen LogP contribution in [0.5, 0.6) is 11.5 Å². The van der Waals surface area contributed by atoms with E-state index < -0.39 is 29.7 Å². The molecule has 2 heterocycles. The van der Waals surface area contributed by atoms with E-state index in [1.165, 1.54) is 24.3 Å². The molecule has 0 unspecified atom stereocenters. The Labute approximate surface area is 338 Å². The molecule has 0 fully saturated rings. The van der Waals surface area contributed by atoms with Gasteiger partial charge < -0.3 is 34.7 Å². The summed E-state index contributed by atoms with van der Waals surface area (Å²) in [4.78, 5) is 22.0. The minimum absolute atomic E-state index is 0. The summed E-state index contributed by atoms with van der Waals surface area (Å²) < 4.78 is 98.7. The van der Waals surface area contributed by atoms with Crippen molar-refractivity contribution >= 4 is 57.0 Å². The number of amides is 1. The Morgan fingerprint density at radius 3 is 1.49 bits per heavy atom. The first-order chi connectivity index (χ1) is 26.5. The van der Waals surface area contributed by atoms with Gasteiger partial charge in [-0.15, -0.1) is 23.2 Å². The van der Waals surface area contributed by atoms with Gasteiger partial charge in [0.1, 0.15) is 11.5 Å². The Balaban J connectivity index is 0.000000935. The standard InChI is InChI=1S/C18H23F3N2O3.C15H16F3NO4.C3H9N.CH2Cl2.CH4/c1-3-6-12-14(25-11-5-7-15(24)22-10-4-2)9-8-13-16(12)26-23-17(13)18(19,20)21;1-2-4-9-11(22-8-3-5-12(20)21)7-6-10-13(9)23-19-14(10)15(16,17)18;1-2-3-4;2-1-3;/h8-9H,3-7,10-11H2,1-2H3,(H,22,24);6-7H,2-5,8H2,1H3,(H,20,21);2-4H2,1H3;1H2;1H4. The molecule has 19 heteroatoms. The number of aromatic nitrogens is 2. The maximum absolute atomic E-state index is 13.0. The van der Waals surface area contributed by atoms with E-state index in [9.17, 15) is 35.9 Å². The van der Waals surface area contributed by atoms with Crippen molar-refractivity contribution in [3.8, 4) is 11.5 Å². The number of nitrogens with one attached hydrogen (secondary N) is 1. The predicted octanol–water partition coefficient (Wildman–Crippen LogP) is 10.9. The third kappa shape index (κ3) is 18.0. The zero-order valence-electron chi connectivity index (χ0n) is 31.8. The lowest BCUT2D eigenvalue weighted by molar-refractivity contribution is -0.142. The number of alkyl halides is 8. The van der Waals surface area contributed by atoms with Crippen molar-refractivity contribution in [1.82, 2.24) is 15.6 Å². The minimum Gasteiger partial charge on any atom is -0.493 e. The van der Waals surface area contributed by atoms with Crippen molar-refractivity contribution in [3.05, 3.63) is 46.8 Å². The van der Waals surface area contributed by atoms with Crippen molar-refractivity contribution in [2.75, 3.05) is 31.6 Å². The summed E-state index contributed by atoms with van der Waals surface area (Å²) in [6.07, 6.45) is -3.66. The quantitative estimate of drug-likeness (QED) is 0.0529. The van der Waals surface area contributed by atoms with E-state index in [1.54, 1.807) is 0 Å². The van der Waals surface area contributed by atoms with Gasteiger partial charge in [0, 0.05) is 30.5 Å². The number of rotatable bonds is 17. The van der Waals surface area contributed by atoms with Gasteiger partial charge in [-0.25, -0.2) is 0 Å². The van der Waals surface area contributed by atoms with E-state index in [0.717, 1.165) is 25.8 Å². The van der Waals surface area contributed by atoms with E-state index in [4.69, 9.17) is 52.6 Å². The van der Waals surface area contributed by atoms with Gasteiger partial charge in [0.15, 0.2) is 22.6 Å². The van der Waals surface area contributed by atoms with Gasteiger partial charge in [-0.05, 0) is 69.3 Å². The van der Waals surface area contributed by atoms with Gasteiger partial charge in [-0.2, -0.15) is 26.3 Å². The molecule has 0 aliphatic carbocycles. The molecule has 0 saturated heterocycles. The van der Waals surface area contributed by atoms with Crippen LogP contribution in [0.4, 0.5) is 26.3 Å². The number of ether oxygens (including phenoxy) is 2. The second kappa shape index (κ2) is 27.6. The number of halogens is 8.